The molecule has 53 heavy (non-hydrogen) atoms. The molecule has 0 aromatic rings. The highest BCUT2D eigenvalue weighted by atomic mass is 16.5. The molecule has 0 rings (SSSR count). The molecule has 0 spiro atoms. The lowest BCUT2D eigenvalue weighted by Crippen LogP contribution is -2.45. The molecule has 0 bridgehead atoms. The average molecular weight is 746 g/mol. The predicted molar refractivity (Wildman–Crippen MR) is 227 cm³/mol. The van der Waals surface area contributed by atoms with Crippen LogP contribution in [0.2, 0.25) is 0 Å². The van der Waals surface area contributed by atoms with Gasteiger partial charge in [-0.3, -0.25) is 9.59 Å². The Morgan fingerprint density at radius 1 is 0.509 bits per heavy atom. The van der Waals surface area contributed by atoms with E-state index in [-0.39, 0.29) is 18.5 Å². The van der Waals surface area contributed by atoms with Gasteiger partial charge in [-0.2, -0.15) is 0 Å². The highest BCUT2D eigenvalue weighted by Crippen LogP contribution is 2.14. The van der Waals surface area contributed by atoms with Crippen molar-refractivity contribution < 1.29 is 24.5 Å². The van der Waals surface area contributed by atoms with Gasteiger partial charge in [-0.05, 0) is 77.0 Å². The molecular formula is C47H87NO5. The van der Waals surface area contributed by atoms with E-state index in [1.54, 1.807) is 6.08 Å². The molecule has 2 unspecified atom stereocenters. The van der Waals surface area contributed by atoms with Crippen LogP contribution in [0.4, 0.5) is 0 Å². The van der Waals surface area contributed by atoms with Crippen LogP contribution in [0.3, 0.4) is 0 Å². The summed E-state index contributed by atoms with van der Waals surface area (Å²) in [5.41, 5.74) is 0. The third kappa shape index (κ3) is 39.6. The lowest BCUT2D eigenvalue weighted by molar-refractivity contribution is -0.143. The lowest BCUT2D eigenvalue weighted by Gasteiger charge is -2.20. The van der Waals surface area contributed by atoms with Crippen LogP contribution < -0.4 is 5.32 Å². The largest absolute Gasteiger partial charge is 0.466 e. The SMILES string of the molecule is CCCC/C=C\CCCCCCCC(=O)OCCCC/C=C\CCCCCCCC(=O)NC(CO)C(O)/C=C/CCCCCCCCCCCCCC. The van der Waals surface area contributed by atoms with Gasteiger partial charge in [0.25, 0.3) is 0 Å². The molecule has 0 aromatic carbocycles. The molecule has 0 fully saturated rings. The van der Waals surface area contributed by atoms with E-state index in [1.165, 1.54) is 116 Å². The third-order valence-electron chi connectivity index (χ3n) is 10.1. The minimum Gasteiger partial charge on any atom is -0.466 e. The molecule has 3 N–H and O–H groups in total. The number of aliphatic hydroxyl groups excluding tert-OH is 2. The number of amides is 1. The molecule has 2 atom stereocenters. The molecule has 0 aliphatic carbocycles. The van der Waals surface area contributed by atoms with Crippen molar-refractivity contribution in [2.45, 2.75) is 238 Å². The number of allylic oxidation sites excluding steroid dienone is 5. The maximum atomic E-state index is 12.4. The normalized spacial score (nSPS) is 13.1. The van der Waals surface area contributed by atoms with Crippen LogP contribution in [0, 0.1) is 0 Å². The number of esters is 1. The number of hydrogen-bond acceptors (Lipinski definition) is 5. The number of carbonyl (C=O) groups is 2. The zero-order valence-electron chi connectivity index (χ0n) is 35.0. The Morgan fingerprint density at radius 2 is 0.906 bits per heavy atom. The van der Waals surface area contributed by atoms with E-state index < -0.39 is 12.1 Å². The van der Waals surface area contributed by atoms with E-state index in [2.05, 4.69) is 43.5 Å². The third-order valence-corrected chi connectivity index (χ3v) is 10.1. The summed E-state index contributed by atoms with van der Waals surface area (Å²) in [5, 5.41) is 23.0. The quantitative estimate of drug-likeness (QED) is 0.0329. The number of ether oxygens (including phenoxy) is 1. The van der Waals surface area contributed by atoms with Crippen molar-refractivity contribution in [3.63, 3.8) is 0 Å². The van der Waals surface area contributed by atoms with Gasteiger partial charge in [-0.15, -0.1) is 0 Å². The van der Waals surface area contributed by atoms with Gasteiger partial charge in [0.2, 0.25) is 5.91 Å². The van der Waals surface area contributed by atoms with E-state index in [0.29, 0.717) is 19.4 Å². The van der Waals surface area contributed by atoms with Gasteiger partial charge in [0.05, 0.1) is 25.4 Å². The van der Waals surface area contributed by atoms with Gasteiger partial charge in [0, 0.05) is 12.8 Å². The second-order valence-corrected chi connectivity index (χ2v) is 15.4. The molecule has 0 saturated heterocycles. The molecule has 0 aromatic heterocycles. The average Bonchev–Trinajstić information content (AvgIpc) is 3.16. The van der Waals surface area contributed by atoms with E-state index in [0.717, 1.165) is 83.5 Å². The van der Waals surface area contributed by atoms with Crippen LogP contribution >= 0.6 is 0 Å². The molecule has 0 aliphatic heterocycles. The van der Waals surface area contributed by atoms with Crippen molar-refractivity contribution in [2.75, 3.05) is 13.2 Å². The first-order valence-electron chi connectivity index (χ1n) is 22.8. The maximum absolute atomic E-state index is 12.4. The molecule has 0 radical (unpaired) electrons. The summed E-state index contributed by atoms with van der Waals surface area (Å²) in [5.74, 6) is -0.145. The van der Waals surface area contributed by atoms with Gasteiger partial charge in [0.15, 0.2) is 0 Å². The van der Waals surface area contributed by atoms with Crippen LogP contribution in [0.15, 0.2) is 36.5 Å². The van der Waals surface area contributed by atoms with Crippen molar-refractivity contribution in [2.24, 2.45) is 0 Å². The van der Waals surface area contributed by atoms with Crippen LogP contribution in [0.5, 0.6) is 0 Å². The van der Waals surface area contributed by atoms with Crippen molar-refractivity contribution in [1.29, 1.82) is 0 Å². The van der Waals surface area contributed by atoms with Crippen molar-refractivity contribution in [3.8, 4) is 0 Å². The predicted octanol–water partition coefficient (Wildman–Crippen LogP) is 12.9. The first kappa shape index (κ1) is 51.1. The smallest absolute Gasteiger partial charge is 0.305 e. The fourth-order valence-corrected chi connectivity index (χ4v) is 6.55. The first-order chi connectivity index (χ1) is 26.0. The summed E-state index contributed by atoms with van der Waals surface area (Å²) in [6, 6.07) is -0.648. The maximum Gasteiger partial charge on any atom is 0.305 e. The molecule has 0 saturated carbocycles. The number of hydrogen-bond donors (Lipinski definition) is 3. The van der Waals surface area contributed by atoms with Gasteiger partial charge >= 0.3 is 5.97 Å². The fraction of sp³-hybridized carbons (Fsp3) is 0.830. The Morgan fingerprint density at radius 3 is 1.40 bits per heavy atom. The topological polar surface area (TPSA) is 95.9 Å². The second kappa shape index (κ2) is 42.8. The fourth-order valence-electron chi connectivity index (χ4n) is 6.55. The minimum absolute atomic E-state index is 0.0452. The molecule has 6 heteroatoms. The van der Waals surface area contributed by atoms with Crippen LogP contribution in [0.25, 0.3) is 0 Å². The number of carbonyl (C=O) groups excluding carboxylic acids is 2. The Labute approximate surface area is 328 Å². The summed E-state index contributed by atoms with van der Waals surface area (Å²) >= 11 is 0. The molecule has 0 heterocycles. The lowest BCUT2D eigenvalue weighted by atomic mass is 10.0. The minimum atomic E-state index is -0.862. The molecule has 0 aliphatic rings. The zero-order chi connectivity index (χ0) is 38.7. The van der Waals surface area contributed by atoms with Gasteiger partial charge in [-0.25, -0.2) is 0 Å². The highest BCUT2D eigenvalue weighted by Gasteiger charge is 2.18. The van der Waals surface area contributed by atoms with E-state index in [4.69, 9.17) is 4.74 Å². The Hall–Kier alpha value is -1.92. The van der Waals surface area contributed by atoms with Crippen molar-refractivity contribution in [1.82, 2.24) is 5.32 Å². The Bertz CT molecular complexity index is 869. The van der Waals surface area contributed by atoms with E-state index in [9.17, 15) is 19.8 Å². The number of aliphatic hydroxyl groups is 2. The Balaban J connectivity index is 3.59. The second-order valence-electron chi connectivity index (χ2n) is 15.4. The Kier molecular flexibility index (Phi) is 41.3. The first-order valence-corrected chi connectivity index (χ1v) is 22.8. The molecule has 1 amide bonds. The van der Waals surface area contributed by atoms with Crippen LogP contribution in [0.1, 0.15) is 226 Å². The summed E-state index contributed by atoms with van der Waals surface area (Å²) in [6.45, 7) is 4.76. The summed E-state index contributed by atoms with van der Waals surface area (Å²) in [4.78, 5) is 24.3. The monoisotopic (exact) mass is 746 g/mol. The van der Waals surface area contributed by atoms with Crippen molar-refractivity contribution in [3.05, 3.63) is 36.5 Å². The highest BCUT2D eigenvalue weighted by molar-refractivity contribution is 5.76. The van der Waals surface area contributed by atoms with Crippen LogP contribution in [-0.2, 0) is 14.3 Å². The van der Waals surface area contributed by atoms with Crippen LogP contribution in [-0.4, -0.2) is 47.4 Å². The molecule has 310 valence electrons. The zero-order valence-corrected chi connectivity index (χ0v) is 35.0. The molecule has 6 nitrogen and oxygen atoms in total. The number of unbranched alkanes of at least 4 members (excludes halogenated alkanes) is 26. The summed E-state index contributed by atoms with van der Waals surface area (Å²) in [6.07, 6.45) is 49.9. The number of nitrogens with one attached hydrogen (secondary N) is 1. The van der Waals surface area contributed by atoms with E-state index in [1.807, 2.05) is 6.08 Å². The van der Waals surface area contributed by atoms with Crippen molar-refractivity contribution >= 4 is 11.9 Å². The standard InChI is InChI=1S/C47H87NO5/c1-3-5-7-9-11-13-15-16-17-20-23-27-31-35-39-45(50)44(43-49)48-46(51)40-36-32-28-24-21-18-22-26-30-34-38-42-53-47(52)41-37-33-29-25-19-14-12-10-8-6-4-2/h10,12,22,26,35,39,44-45,49-50H,3-9,11,13-21,23-25,27-34,36-38,40-43H2,1-2H3,(H,48,51)/b12-10-,26-22-,39-35+. The molecular weight excluding hydrogens is 659 g/mol. The van der Waals surface area contributed by atoms with E-state index >= 15 is 0 Å². The number of rotatable bonds is 41. The summed E-state index contributed by atoms with van der Waals surface area (Å²) in [7, 11) is 0. The van der Waals surface area contributed by atoms with Gasteiger partial charge in [-0.1, -0.05) is 172 Å². The van der Waals surface area contributed by atoms with Gasteiger partial charge in [0.1, 0.15) is 0 Å². The van der Waals surface area contributed by atoms with Gasteiger partial charge < -0.3 is 20.3 Å². The summed E-state index contributed by atoms with van der Waals surface area (Å²) < 4.78 is 5.40.